The van der Waals surface area contributed by atoms with Crippen LogP contribution in [0.5, 0.6) is 0 Å². The molecule has 3 aromatic carbocycles. The highest BCUT2D eigenvalue weighted by atomic mass is 32.1. The first-order valence-corrected chi connectivity index (χ1v) is 8.03. The Kier molecular flexibility index (Phi) is 2.83. The predicted octanol–water partition coefficient (Wildman–Crippen LogP) is 6.34. The van der Waals surface area contributed by atoms with E-state index >= 15 is 0 Å². The molecule has 0 bridgehead atoms. The second-order valence-corrected chi connectivity index (χ2v) is 6.70. The average molecular weight is 288 g/mol. The second kappa shape index (κ2) is 4.71. The van der Waals surface area contributed by atoms with E-state index in [1.807, 2.05) is 11.3 Å². The lowest BCUT2D eigenvalue weighted by atomic mass is 10.0. The Bertz CT molecular complexity index is 946. The van der Waals surface area contributed by atoms with Gasteiger partial charge >= 0.3 is 0 Å². The van der Waals surface area contributed by atoms with E-state index < -0.39 is 0 Å². The molecule has 0 nitrogen and oxygen atoms in total. The minimum absolute atomic E-state index is 1.28. The van der Waals surface area contributed by atoms with Crippen LogP contribution in [0.2, 0.25) is 0 Å². The van der Waals surface area contributed by atoms with Gasteiger partial charge in [-0.3, -0.25) is 0 Å². The predicted molar refractivity (Wildman–Crippen MR) is 94.2 cm³/mol. The zero-order valence-corrected chi connectivity index (χ0v) is 13.0. The van der Waals surface area contributed by atoms with Crippen LogP contribution in [0.25, 0.3) is 31.3 Å². The van der Waals surface area contributed by atoms with Gasteiger partial charge in [-0.25, -0.2) is 0 Å². The van der Waals surface area contributed by atoms with E-state index in [-0.39, 0.29) is 0 Å². The van der Waals surface area contributed by atoms with Crippen molar-refractivity contribution in [2.45, 2.75) is 13.8 Å². The Morgan fingerprint density at radius 2 is 1.33 bits per heavy atom. The number of benzene rings is 3. The molecule has 1 heteroatoms. The molecule has 102 valence electrons. The molecule has 0 fully saturated rings. The minimum Gasteiger partial charge on any atom is -0.135 e. The van der Waals surface area contributed by atoms with Gasteiger partial charge in [0, 0.05) is 20.2 Å². The summed E-state index contributed by atoms with van der Waals surface area (Å²) < 4.78 is 2.76. The quantitative estimate of drug-likeness (QED) is 0.383. The van der Waals surface area contributed by atoms with Crippen LogP contribution in [-0.4, -0.2) is 0 Å². The number of aryl methyl sites for hydroxylation is 2. The van der Waals surface area contributed by atoms with Crippen molar-refractivity contribution in [3.05, 3.63) is 71.8 Å². The molecule has 0 saturated heterocycles. The monoisotopic (exact) mass is 288 g/mol. The van der Waals surface area contributed by atoms with Crippen molar-refractivity contribution >= 4 is 31.5 Å². The van der Waals surface area contributed by atoms with Crippen molar-refractivity contribution in [1.29, 1.82) is 0 Å². The Hall–Kier alpha value is -2.12. The highest BCUT2D eigenvalue weighted by Gasteiger charge is 2.08. The summed E-state index contributed by atoms with van der Waals surface area (Å²) >= 11 is 1.89. The van der Waals surface area contributed by atoms with E-state index in [4.69, 9.17) is 0 Å². The third kappa shape index (κ3) is 2.05. The topological polar surface area (TPSA) is 0 Å². The van der Waals surface area contributed by atoms with Crippen LogP contribution in [0.15, 0.2) is 60.7 Å². The maximum Gasteiger partial charge on any atom is 0.0361 e. The van der Waals surface area contributed by atoms with Crippen LogP contribution >= 0.6 is 11.3 Å². The lowest BCUT2D eigenvalue weighted by molar-refractivity contribution is 1.37. The van der Waals surface area contributed by atoms with Gasteiger partial charge < -0.3 is 0 Å². The van der Waals surface area contributed by atoms with Gasteiger partial charge in [-0.05, 0) is 54.3 Å². The zero-order chi connectivity index (χ0) is 14.4. The molecule has 0 aliphatic rings. The molecule has 21 heavy (non-hydrogen) atoms. The molecule has 0 amide bonds. The fourth-order valence-corrected chi connectivity index (χ4v) is 4.07. The normalized spacial score (nSPS) is 11.3. The van der Waals surface area contributed by atoms with Crippen molar-refractivity contribution in [2.24, 2.45) is 0 Å². The summed E-state index contributed by atoms with van der Waals surface area (Å²) in [7, 11) is 0. The first-order chi connectivity index (χ1) is 10.2. The van der Waals surface area contributed by atoms with E-state index in [2.05, 4.69) is 74.5 Å². The molecule has 0 aliphatic carbocycles. The maximum absolute atomic E-state index is 2.33. The molecule has 4 rings (SSSR count). The molecule has 0 N–H and O–H groups in total. The van der Waals surface area contributed by atoms with Gasteiger partial charge in [0.25, 0.3) is 0 Å². The molecular weight excluding hydrogens is 272 g/mol. The lowest BCUT2D eigenvalue weighted by Gasteiger charge is -2.02. The molecule has 1 aromatic heterocycles. The molecule has 0 aliphatic heterocycles. The highest BCUT2D eigenvalue weighted by molar-refractivity contribution is 7.25. The first-order valence-electron chi connectivity index (χ1n) is 7.21. The summed E-state index contributed by atoms with van der Waals surface area (Å²) in [6.07, 6.45) is 0. The lowest BCUT2D eigenvalue weighted by Crippen LogP contribution is -1.79. The third-order valence-electron chi connectivity index (χ3n) is 4.19. The molecule has 0 unspecified atom stereocenters. The van der Waals surface area contributed by atoms with E-state index in [0.29, 0.717) is 0 Å². The standard InChI is InChI=1S/C20H16S/c1-13-10-18-17-9-8-16(15-6-4-3-5-7-15)12-20(17)21-19(18)11-14(13)2/h3-12H,1-2H3. The Morgan fingerprint density at radius 1 is 0.619 bits per heavy atom. The summed E-state index contributed by atoms with van der Waals surface area (Å²) in [5, 5.41) is 2.76. The SMILES string of the molecule is Cc1cc2sc3cc(-c4ccccc4)ccc3c2cc1C. The van der Waals surface area contributed by atoms with Crippen LogP contribution in [0.3, 0.4) is 0 Å². The fraction of sp³-hybridized carbons (Fsp3) is 0.100. The first kappa shape index (κ1) is 12.6. The van der Waals surface area contributed by atoms with Crippen molar-refractivity contribution < 1.29 is 0 Å². The molecule has 0 radical (unpaired) electrons. The van der Waals surface area contributed by atoms with Gasteiger partial charge in [0.15, 0.2) is 0 Å². The number of rotatable bonds is 1. The van der Waals surface area contributed by atoms with E-state index in [9.17, 15) is 0 Å². The molecule has 1 heterocycles. The molecule has 0 atom stereocenters. The Balaban J connectivity index is 1.99. The summed E-state index contributed by atoms with van der Waals surface area (Å²) in [6, 6.07) is 22.1. The van der Waals surface area contributed by atoms with Gasteiger partial charge in [0.05, 0.1) is 0 Å². The number of hydrogen-bond acceptors (Lipinski definition) is 1. The summed E-state index contributed by atoms with van der Waals surface area (Å²) in [4.78, 5) is 0. The minimum atomic E-state index is 1.28. The largest absolute Gasteiger partial charge is 0.135 e. The Labute approximate surface area is 128 Å². The summed E-state index contributed by atoms with van der Waals surface area (Å²) in [5.41, 5.74) is 5.32. The summed E-state index contributed by atoms with van der Waals surface area (Å²) in [5.74, 6) is 0. The van der Waals surface area contributed by atoms with Gasteiger partial charge in [-0.2, -0.15) is 0 Å². The van der Waals surface area contributed by atoms with Crippen LogP contribution in [-0.2, 0) is 0 Å². The van der Waals surface area contributed by atoms with Crippen LogP contribution in [0, 0.1) is 13.8 Å². The van der Waals surface area contributed by atoms with Crippen molar-refractivity contribution in [1.82, 2.24) is 0 Å². The average Bonchev–Trinajstić information content (AvgIpc) is 2.85. The van der Waals surface area contributed by atoms with E-state index in [0.717, 1.165) is 0 Å². The molecule has 4 aromatic rings. The van der Waals surface area contributed by atoms with Gasteiger partial charge in [-0.1, -0.05) is 42.5 Å². The van der Waals surface area contributed by atoms with Gasteiger partial charge in [0.2, 0.25) is 0 Å². The number of fused-ring (bicyclic) bond motifs is 3. The van der Waals surface area contributed by atoms with Crippen molar-refractivity contribution in [3.8, 4) is 11.1 Å². The zero-order valence-electron chi connectivity index (χ0n) is 12.2. The molecular formula is C20H16S. The van der Waals surface area contributed by atoms with Crippen LogP contribution in [0.1, 0.15) is 11.1 Å². The van der Waals surface area contributed by atoms with Crippen molar-refractivity contribution in [3.63, 3.8) is 0 Å². The van der Waals surface area contributed by atoms with Crippen LogP contribution < -0.4 is 0 Å². The molecule has 0 spiro atoms. The molecule has 0 saturated carbocycles. The van der Waals surface area contributed by atoms with Gasteiger partial charge in [-0.15, -0.1) is 11.3 Å². The van der Waals surface area contributed by atoms with Crippen LogP contribution in [0.4, 0.5) is 0 Å². The van der Waals surface area contributed by atoms with Crippen molar-refractivity contribution in [2.75, 3.05) is 0 Å². The van der Waals surface area contributed by atoms with E-state index in [1.54, 1.807) is 0 Å². The fourth-order valence-electron chi connectivity index (χ4n) is 2.84. The summed E-state index contributed by atoms with van der Waals surface area (Å²) in [6.45, 7) is 4.38. The highest BCUT2D eigenvalue weighted by Crippen LogP contribution is 2.37. The smallest absolute Gasteiger partial charge is 0.0361 e. The maximum atomic E-state index is 2.33. The number of hydrogen-bond donors (Lipinski definition) is 0. The Morgan fingerprint density at radius 3 is 2.14 bits per heavy atom. The second-order valence-electron chi connectivity index (χ2n) is 5.61. The van der Waals surface area contributed by atoms with E-state index in [1.165, 1.54) is 42.4 Å². The number of thiophene rings is 1. The van der Waals surface area contributed by atoms with Gasteiger partial charge in [0.1, 0.15) is 0 Å². The third-order valence-corrected chi connectivity index (χ3v) is 5.31.